The van der Waals surface area contributed by atoms with E-state index >= 15 is 0 Å². The van der Waals surface area contributed by atoms with Gasteiger partial charge in [-0.05, 0) is 36.8 Å². The molecule has 0 amide bonds. The van der Waals surface area contributed by atoms with Crippen molar-refractivity contribution in [2.75, 3.05) is 0 Å². The Labute approximate surface area is 164 Å². The van der Waals surface area contributed by atoms with Gasteiger partial charge in [0.15, 0.2) is 10.8 Å². The second-order valence-corrected chi connectivity index (χ2v) is 7.97. The van der Waals surface area contributed by atoms with E-state index in [1.54, 1.807) is 29.3 Å². The van der Waals surface area contributed by atoms with Crippen LogP contribution in [0.5, 0.6) is 0 Å². The van der Waals surface area contributed by atoms with Crippen molar-refractivity contribution < 1.29 is 0 Å². The van der Waals surface area contributed by atoms with Crippen molar-refractivity contribution in [2.24, 2.45) is 0 Å². The van der Waals surface area contributed by atoms with E-state index in [4.69, 9.17) is 4.98 Å². The van der Waals surface area contributed by atoms with Gasteiger partial charge < -0.3 is 0 Å². The Hall–Kier alpha value is -2.77. The Morgan fingerprint density at radius 2 is 1.96 bits per heavy atom. The van der Waals surface area contributed by atoms with Gasteiger partial charge in [0.05, 0.1) is 16.9 Å². The van der Waals surface area contributed by atoms with Crippen LogP contribution in [0.15, 0.2) is 65.3 Å². The Balaban J connectivity index is 1.46. The van der Waals surface area contributed by atoms with Crippen molar-refractivity contribution in [1.82, 2.24) is 24.6 Å². The number of aryl methyl sites for hydroxylation is 1. The van der Waals surface area contributed by atoms with E-state index in [-0.39, 0.29) is 0 Å². The van der Waals surface area contributed by atoms with Crippen LogP contribution in [0, 0.1) is 6.92 Å². The standard InChI is InChI=1S/C20H15N5S2/c1-13-10-18-23-24-20(25(18)17-8-3-2-6-15(13)17)27-12-14-11-26-19(22-14)16-7-4-5-9-21-16/h2-11H,12H2,1H3. The Morgan fingerprint density at radius 3 is 2.85 bits per heavy atom. The maximum Gasteiger partial charge on any atom is 0.196 e. The summed E-state index contributed by atoms with van der Waals surface area (Å²) in [5.41, 5.74) is 5.15. The van der Waals surface area contributed by atoms with Gasteiger partial charge in [-0.15, -0.1) is 21.5 Å². The zero-order valence-electron chi connectivity index (χ0n) is 14.5. The summed E-state index contributed by atoms with van der Waals surface area (Å²) in [6.45, 7) is 2.11. The topological polar surface area (TPSA) is 56.0 Å². The van der Waals surface area contributed by atoms with Crippen molar-refractivity contribution in [1.29, 1.82) is 0 Å². The lowest BCUT2D eigenvalue weighted by Gasteiger charge is -2.06. The molecule has 5 rings (SSSR count). The summed E-state index contributed by atoms with van der Waals surface area (Å²) in [5.74, 6) is 0.742. The third-order valence-corrected chi connectivity index (χ3v) is 6.23. The molecule has 0 bridgehead atoms. The fourth-order valence-corrected chi connectivity index (χ4v) is 4.83. The summed E-state index contributed by atoms with van der Waals surface area (Å²) in [6.07, 6.45) is 1.79. The maximum absolute atomic E-state index is 4.71. The third-order valence-electron chi connectivity index (χ3n) is 4.36. The zero-order valence-corrected chi connectivity index (χ0v) is 16.2. The number of para-hydroxylation sites is 1. The summed E-state index contributed by atoms with van der Waals surface area (Å²) >= 11 is 3.27. The first-order valence-corrected chi connectivity index (χ1v) is 10.4. The summed E-state index contributed by atoms with van der Waals surface area (Å²) in [6, 6.07) is 16.3. The number of pyridine rings is 2. The minimum atomic E-state index is 0.742. The molecule has 1 aromatic carbocycles. The first kappa shape index (κ1) is 16.4. The molecule has 0 spiro atoms. The number of hydrogen-bond acceptors (Lipinski definition) is 6. The fourth-order valence-electron chi connectivity index (χ4n) is 3.09. The highest BCUT2D eigenvalue weighted by molar-refractivity contribution is 7.98. The van der Waals surface area contributed by atoms with Crippen molar-refractivity contribution >= 4 is 39.6 Å². The zero-order chi connectivity index (χ0) is 18.2. The quantitative estimate of drug-likeness (QED) is 0.405. The average Bonchev–Trinajstić information content (AvgIpc) is 3.34. The molecular formula is C20H15N5S2. The Morgan fingerprint density at radius 1 is 1.07 bits per heavy atom. The molecule has 0 unspecified atom stereocenters. The van der Waals surface area contributed by atoms with Crippen LogP contribution < -0.4 is 0 Å². The Bertz CT molecular complexity index is 1240. The van der Waals surface area contributed by atoms with Crippen LogP contribution in [-0.4, -0.2) is 24.6 Å². The molecule has 7 heteroatoms. The van der Waals surface area contributed by atoms with Gasteiger partial charge in [-0.1, -0.05) is 36.0 Å². The van der Waals surface area contributed by atoms with Gasteiger partial charge >= 0.3 is 0 Å². The molecule has 0 aliphatic rings. The van der Waals surface area contributed by atoms with Gasteiger partial charge in [0.2, 0.25) is 0 Å². The SMILES string of the molecule is Cc1cc2nnc(SCc3csc(-c4ccccn4)n3)n2c2ccccc12. The highest BCUT2D eigenvalue weighted by atomic mass is 32.2. The van der Waals surface area contributed by atoms with E-state index in [9.17, 15) is 0 Å². The maximum atomic E-state index is 4.71. The van der Waals surface area contributed by atoms with Gasteiger partial charge in [0, 0.05) is 22.7 Å². The molecule has 0 aliphatic heterocycles. The van der Waals surface area contributed by atoms with Crippen molar-refractivity contribution in [2.45, 2.75) is 17.8 Å². The molecule has 0 fully saturated rings. The van der Waals surface area contributed by atoms with Crippen LogP contribution in [-0.2, 0) is 5.75 Å². The largest absolute Gasteiger partial charge is 0.270 e. The van der Waals surface area contributed by atoms with Gasteiger partial charge in [0.25, 0.3) is 0 Å². The lowest BCUT2D eigenvalue weighted by atomic mass is 10.1. The molecule has 4 aromatic heterocycles. The average molecular weight is 390 g/mol. The predicted molar refractivity (Wildman–Crippen MR) is 110 cm³/mol. The molecular weight excluding hydrogens is 374 g/mol. The minimum absolute atomic E-state index is 0.742. The molecule has 0 atom stereocenters. The monoisotopic (exact) mass is 389 g/mol. The van der Waals surface area contributed by atoms with Crippen LogP contribution >= 0.6 is 23.1 Å². The number of aromatic nitrogens is 5. The Kier molecular flexibility index (Phi) is 4.10. The molecule has 4 heterocycles. The van der Waals surface area contributed by atoms with Crippen LogP contribution in [0.4, 0.5) is 0 Å². The van der Waals surface area contributed by atoms with Crippen molar-refractivity contribution in [3.63, 3.8) is 0 Å². The minimum Gasteiger partial charge on any atom is -0.270 e. The van der Waals surface area contributed by atoms with Gasteiger partial charge in [0.1, 0.15) is 5.01 Å². The second-order valence-electron chi connectivity index (χ2n) is 6.17. The number of thiazole rings is 1. The number of nitrogens with zero attached hydrogens (tertiary/aromatic N) is 5. The molecule has 0 saturated carbocycles. The van der Waals surface area contributed by atoms with E-state index in [0.717, 1.165) is 38.5 Å². The molecule has 0 N–H and O–H groups in total. The summed E-state index contributed by atoms with van der Waals surface area (Å²) in [7, 11) is 0. The van der Waals surface area contributed by atoms with E-state index < -0.39 is 0 Å². The summed E-state index contributed by atoms with van der Waals surface area (Å²) < 4.78 is 2.12. The number of hydrogen-bond donors (Lipinski definition) is 0. The molecule has 5 nitrogen and oxygen atoms in total. The smallest absolute Gasteiger partial charge is 0.196 e. The van der Waals surface area contributed by atoms with E-state index in [1.165, 1.54) is 10.9 Å². The number of benzene rings is 1. The van der Waals surface area contributed by atoms with Crippen molar-refractivity contribution in [3.05, 3.63) is 71.4 Å². The van der Waals surface area contributed by atoms with Gasteiger partial charge in [-0.2, -0.15) is 0 Å². The highest BCUT2D eigenvalue weighted by Gasteiger charge is 2.13. The molecule has 0 radical (unpaired) electrons. The normalized spacial score (nSPS) is 11.4. The first-order valence-electron chi connectivity index (χ1n) is 8.52. The second kappa shape index (κ2) is 6.75. The van der Waals surface area contributed by atoms with E-state index in [0.29, 0.717) is 0 Å². The summed E-state index contributed by atoms with van der Waals surface area (Å²) in [4.78, 5) is 9.08. The van der Waals surface area contributed by atoms with Crippen LogP contribution in [0.1, 0.15) is 11.3 Å². The number of thioether (sulfide) groups is 1. The van der Waals surface area contributed by atoms with Crippen molar-refractivity contribution in [3.8, 4) is 10.7 Å². The third kappa shape index (κ3) is 2.98. The van der Waals surface area contributed by atoms with Crippen LogP contribution in [0.3, 0.4) is 0 Å². The predicted octanol–water partition coefficient (Wildman–Crippen LogP) is 5.00. The fraction of sp³-hybridized carbons (Fsp3) is 0.100. The van der Waals surface area contributed by atoms with E-state index in [1.807, 2.05) is 18.2 Å². The first-order chi connectivity index (χ1) is 13.3. The molecule has 132 valence electrons. The highest BCUT2D eigenvalue weighted by Crippen LogP contribution is 2.29. The number of fused-ring (bicyclic) bond motifs is 3. The number of rotatable bonds is 4. The lowest BCUT2D eigenvalue weighted by Crippen LogP contribution is -1.93. The van der Waals surface area contributed by atoms with Gasteiger partial charge in [-0.25, -0.2) is 4.98 Å². The van der Waals surface area contributed by atoms with E-state index in [2.05, 4.69) is 62.2 Å². The summed E-state index contributed by atoms with van der Waals surface area (Å²) in [5, 5.41) is 13.9. The molecule has 5 aromatic rings. The van der Waals surface area contributed by atoms with Gasteiger partial charge in [-0.3, -0.25) is 9.38 Å². The van der Waals surface area contributed by atoms with Crippen LogP contribution in [0.25, 0.3) is 27.3 Å². The lowest BCUT2D eigenvalue weighted by molar-refractivity contribution is 0.939. The molecule has 0 aliphatic carbocycles. The van der Waals surface area contributed by atoms with Crippen LogP contribution in [0.2, 0.25) is 0 Å². The molecule has 27 heavy (non-hydrogen) atoms. The molecule has 0 saturated heterocycles.